The van der Waals surface area contributed by atoms with Crippen LogP contribution in [0.15, 0.2) is 18.2 Å². The number of hydrogen-bond donors (Lipinski definition) is 2. The van der Waals surface area contributed by atoms with E-state index in [4.69, 9.17) is 9.47 Å². The van der Waals surface area contributed by atoms with Gasteiger partial charge in [0.05, 0.1) is 12.7 Å². The number of nitrogens with one attached hydrogen (secondary N) is 1. The van der Waals surface area contributed by atoms with Gasteiger partial charge < -0.3 is 19.9 Å². The lowest BCUT2D eigenvalue weighted by molar-refractivity contribution is -0.142. The van der Waals surface area contributed by atoms with Crippen LogP contribution in [0.1, 0.15) is 42.9 Å². The van der Waals surface area contributed by atoms with Gasteiger partial charge in [0, 0.05) is 19.4 Å². The molecular weight excluding hydrogens is 298 g/mol. The zero-order chi connectivity index (χ0) is 16.2. The lowest BCUT2D eigenvalue weighted by Crippen LogP contribution is -2.34. The fraction of sp³-hybridized carbons (Fsp3) is 0.529. The first kappa shape index (κ1) is 15.8. The van der Waals surface area contributed by atoms with Gasteiger partial charge in [-0.25, -0.2) is 4.79 Å². The Hall–Kier alpha value is -2.08. The maximum Gasteiger partial charge on any atom is 0.330 e. The van der Waals surface area contributed by atoms with Crippen molar-refractivity contribution in [2.24, 2.45) is 0 Å². The van der Waals surface area contributed by atoms with Crippen LogP contribution in [0.5, 0.6) is 5.75 Å². The van der Waals surface area contributed by atoms with Crippen LogP contribution < -0.4 is 10.1 Å². The van der Waals surface area contributed by atoms with E-state index in [1.807, 2.05) is 6.07 Å². The molecular formula is C17H21NO5. The first-order valence-corrected chi connectivity index (χ1v) is 8.03. The minimum Gasteiger partial charge on any atom is -0.493 e. The Balaban J connectivity index is 1.62. The van der Waals surface area contributed by atoms with Gasteiger partial charge >= 0.3 is 5.97 Å². The highest BCUT2D eigenvalue weighted by Crippen LogP contribution is 2.28. The molecule has 1 aromatic carbocycles. The van der Waals surface area contributed by atoms with Crippen molar-refractivity contribution in [3.63, 3.8) is 0 Å². The number of rotatable bonds is 6. The molecule has 3 rings (SSSR count). The van der Waals surface area contributed by atoms with Crippen molar-refractivity contribution >= 4 is 11.9 Å². The number of carboxylic acids is 1. The van der Waals surface area contributed by atoms with Crippen LogP contribution in [-0.4, -0.2) is 36.3 Å². The number of carboxylic acid groups (broad SMARTS) is 1. The van der Waals surface area contributed by atoms with E-state index < -0.39 is 12.0 Å². The average molecular weight is 319 g/mol. The van der Waals surface area contributed by atoms with Crippen LogP contribution in [-0.2, 0) is 20.7 Å². The molecule has 2 atom stereocenters. The minimum absolute atomic E-state index is 0.126. The standard InChI is InChI=1S/C17H21NO5/c19-15(6-4-13-2-1-8-22-13)18-16(17(20)21)12-3-5-14-11(10-12)7-9-23-14/h3,5,10,13,16H,1-2,4,6-9H2,(H,18,19)(H,20,21). The Labute approximate surface area is 134 Å². The second kappa shape index (κ2) is 7.00. The molecule has 6 nitrogen and oxygen atoms in total. The number of aliphatic carboxylic acids is 1. The number of carbonyl (C=O) groups excluding carboxylic acids is 1. The quantitative estimate of drug-likeness (QED) is 0.835. The van der Waals surface area contributed by atoms with Gasteiger partial charge in [0.2, 0.25) is 5.91 Å². The second-order valence-electron chi connectivity index (χ2n) is 5.98. The summed E-state index contributed by atoms with van der Waals surface area (Å²) in [6, 6.07) is 4.24. The smallest absolute Gasteiger partial charge is 0.330 e. The molecule has 0 aliphatic carbocycles. The summed E-state index contributed by atoms with van der Waals surface area (Å²) in [7, 11) is 0. The summed E-state index contributed by atoms with van der Waals surface area (Å²) in [4.78, 5) is 23.6. The van der Waals surface area contributed by atoms with Gasteiger partial charge in [0.25, 0.3) is 0 Å². The number of carbonyl (C=O) groups is 2. The third-order valence-corrected chi connectivity index (χ3v) is 4.32. The van der Waals surface area contributed by atoms with Gasteiger partial charge in [-0.3, -0.25) is 4.79 Å². The van der Waals surface area contributed by atoms with Gasteiger partial charge in [0.1, 0.15) is 5.75 Å². The third kappa shape index (κ3) is 3.82. The van der Waals surface area contributed by atoms with Crippen LogP contribution in [0.2, 0.25) is 0 Å². The largest absolute Gasteiger partial charge is 0.493 e. The molecule has 0 radical (unpaired) electrons. The Kier molecular flexibility index (Phi) is 4.81. The van der Waals surface area contributed by atoms with E-state index in [9.17, 15) is 14.7 Å². The van der Waals surface area contributed by atoms with Crippen molar-refractivity contribution < 1.29 is 24.2 Å². The van der Waals surface area contributed by atoms with E-state index >= 15 is 0 Å². The summed E-state index contributed by atoms with van der Waals surface area (Å²) in [6.07, 6.45) is 3.81. The first-order valence-electron chi connectivity index (χ1n) is 8.03. The van der Waals surface area contributed by atoms with Gasteiger partial charge in [-0.05, 0) is 42.5 Å². The topological polar surface area (TPSA) is 84.9 Å². The maximum absolute atomic E-state index is 12.1. The van der Waals surface area contributed by atoms with Crippen LogP contribution in [0, 0.1) is 0 Å². The summed E-state index contributed by atoms with van der Waals surface area (Å²) in [5, 5.41) is 12.0. The molecule has 1 fully saturated rings. The van der Waals surface area contributed by atoms with Gasteiger partial charge in [0.15, 0.2) is 6.04 Å². The molecule has 6 heteroatoms. The number of benzene rings is 1. The highest BCUT2D eigenvalue weighted by atomic mass is 16.5. The van der Waals surface area contributed by atoms with E-state index in [1.165, 1.54) is 0 Å². The predicted octanol–water partition coefficient (Wildman–Crippen LogP) is 1.82. The van der Waals surface area contributed by atoms with Crippen molar-refractivity contribution in [2.45, 2.75) is 44.2 Å². The Morgan fingerprint density at radius 1 is 1.35 bits per heavy atom. The van der Waals surface area contributed by atoms with Crippen LogP contribution in [0.3, 0.4) is 0 Å². The van der Waals surface area contributed by atoms with E-state index in [0.29, 0.717) is 18.6 Å². The summed E-state index contributed by atoms with van der Waals surface area (Å²) < 4.78 is 10.9. The SMILES string of the molecule is O=C(CCC1CCCO1)NC(C(=O)O)c1ccc2c(c1)CCO2. The number of amides is 1. The summed E-state index contributed by atoms with van der Waals surface area (Å²) >= 11 is 0. The second-order valence-corrected chi connectivity index (χ2v) is 5.98. The fourth-order valence-corrected chi connectivity index (χ4v) is 3.07. The zero-order valence-electron chi connectivity index (χ0n) is 12.9. The van der Waals surface area contributed by atoms with E-state index in [-0.39, 0.29) is 18.4 Å². The van der Waals surface area contributed by atoms with Crippen molar-refractivity contribution in [3.8, 4) is 5.75 Å². The van der Waals surface area contributed by atoms with Crippen molar-refractivity contribution in [1.82, 2.24) is 5.32 Å². The molecule has 0 bridgehead atoms. The Morgan fingerprint density at radius 2 is 2.22 bits per heavy atom. The van der Waals surface area contributed by atoms with Crippen molar-refractivity contribution in [1.29, 1.82) is 0 Å². The predicted molar refractivity (Wildman–Crippen MR) is 82.4 cm³/mol. The van der Waals surface area contributed by atoms with Gasteiger partial charge in [-0.1, -0.05) is 6.07 Å². The van der Waals surface area contributed by atoms with Crippen LogP contribution >= 0.6 is 0 Å². The molecule has 2 unspecified atom stereocenters. The molecule has 0 saturated carbocycles. The van der Waals surface area contributed by atoms with Crippen molar-refractivity contribution in [3.05, 3.63) is 29.3 Å². The molecule has 2 aliphatic heterocycles. The molecule has 124 valence electrons. The van der Waals surface area contributed by atoms with E-state index in [1.54, 1.807) is 12.1 Å². The van der Waals surface area contributed by atoms with E-state index in [2.05, 4.69) is 5.32 Å². The first-order chi connectivity index (χ1) is 11.1. The van der Waals surface area contributed by atoms with Gasteiger partial charge in [-0.2, -0.15) is 0 Å². The summed E-state index contributed by atoms with van der Waals surface area (Å²) in [5.41, 5.74) is 1.56. The monoisotopic (exact) mass is 319 g/mol. The lowest BCUT2D eigenvalue weighted by atomic mass is 10.0. The van der Waals surface area contributed by atoms with Crippen LogP contribution in [0.4, 0.5) is 0 Å². The lowest BCUT2D eigenvalue weighted by Gasteiger charge is -2.16. The normalized spacial score (nSPS) is 20.6. The maximum atomic E-state index is 12.1. The molecule has 1 saturated heterocycles. The summed E-state index contributed by atoms with van der Waals surface area (Å²) in [6.45, 7) is 1.37. The third-order valence-electron chi connectivity index (χ3n) is 4.32. The average Bonchev–Trinajstić information content (AvgIpc) is 3.20. The minimum atomic E-state index is -1.06. The molecule has 0 aromatic heterocycles. The van der Waals surface area contributed by atoms with Gasteiger partial charge in [-0.15, -0.1) is 0 Å². The zero-order valence-corrected chi connectivity index (χ0v) is 12.9. The molecule has 1 aromatic rings. The highest BCUT2D eigenvalue weighted by molar-refractivity contribution is 5.84. The molecule has 2 aliphatic rings. The Morgan fingerprint density at radius 3 is 2.96 bits per heavy atom. The number of hydrogen-bond acceptors (Lipinski definition) is 4. The Bertz CT molecular complexity index is 595. The molecule has 23 heavy (non-hydrogen) atoms. The highest BCUT2D eigenvalue weighted by Gasteiger charge is 2.25. The molecule has 2 heterocycles. The number of fused-ring (bicyclic) bond motifs is 1. The summed E-state index contributed by atoms with van der Waals surface area (Å²) in [5.74, 6) is -0.526. The molecule has 1 amide bonds. The fourth-order valence-electron chi connectivity index (χ4n) is 3.07. The van der Waals surface area contributed by atoms with Crippen molar-refractivity contribution in [2.75, 3.05) is 13.2 Å². The number of ether oxygens (including phenoxy) is 2. The van der Waals surface area contributed by atoms with E-state index in [0.717, 1.165) is 37.2 Å². The van der Waals surface area contributed by atoms with Crippen LogP contribution in [0.25, 0.3) is 0 Å². The molecule has 2 N–H and O–H groups in total. The molecule has 0 spiro atoms.